The summed E-state index contributed by atoms with van der Waals surface area (Å²) in [7, 11) is 0. The molecule has 0 saturated heterocycles. The highest BCUT2D eigenvalue weighted by atomic mass is 16.4. The van der Waals surface area contributed by atoms with Crippen LogP contribution in [0.15, 0.2) is 30.6 Å². The number of nitrogens with zero attached hydrogens (tertiary/aromatic N) is 1. The van der Waals surface area contributed by atoms with Crippen molar-refractivity contribution in [3.63, 3.8) is 0 Å². The summed E-state index contributed by atoms with van der Waals surface area (Å²) in [5, 5.41) is 17.7. The highest BCUT2D eigenvalue weighted by Gasteiger charge is 2.05. The number of carboxylic acids is 1. The normalized spacial score (nSPS) is 11.9. The van der Waals surface area contributed by atoms with Gasteiger partial charge in [0, 0.05) is 6.08 Å². The molecule has 0 fully saturated rings. The molecular weight excluding hydrogens is 208 g/mol. The van der Waals surface area contributed by atoms with Gasteiger partial charge in [-0.1, -0.05) is 6.07 Å². The van der Waals surface area contributed by atoms with Crippen molar-refractivity contribution in [2.24, 2.45) is 0 Å². The fraction of sp³-hybridized carbons (Fsp3) is 0.0909. The number of aromatic amines is 1. The number of hydrogen-bond acceptors (Lipinski definition) is 3. The van der Waals surface area contributed by atoms with Gasteiger partial charge in [0.25, 0.3) is 0 Å². The van der Waals surface area contributed by atoms with Crippen molar-refractivity contribution in [2.45, 2.75) is 0 Å². The Morgan fingerprint density at radius 3 is 3.00 bits per heavy atom. The summed E-state index contributed by atoms with van der Waals surface area (Å²) < 4.78 is 0. The van der Waals surface area contributed by atoms with Crippen molar-refractivity contribution in [2.75, 3.05) is 6.61 Å². The van der Waals surface area contributed by atoms with Gasteiger partial charge in [0.2, 0.25) is 0 Å². The number of fused-ring (bicyclic) bond motifs is 1. The minimum Gasteiger partial charge on any atom is -0.478 e. The fourth-order valence-electron chi connectivity index (χ4n) is 1.50. The predicted molar refractivity (Wildman–Crippen MR) is 58.8 cm³/mol. The first-order valence-corrected chi connectivity index (χ1v) is 4.68. The van der Waals surface area contributed by atoms with Gasteiger partial charge in [-0.25, -0.2) is 9.78 Å². The summed E-state index contributed by atoms with van der Waals surface area (Å²) in [6.07, 6.45) is 2.56. The molecule has 0 amide bonds. The van der Waals surface area contributed by atoms with Crippen LogP contribution in [0.5, 0.6) is 0 Å². The van der Waals surface area contributed by atoms with Crippen LogP contribution < -0.4 is 0 Å². The van der Waals surface area contributed by atoms with Gasteiger partial charge in [0.15, 0.2) is 0 Å². The monoisotopic (exact) mass is 218 g/mol. The minimum atomic E-state index is -1.08. The number of carbonyl (C=O) groups is 1. The van der Waals surface area contributed by atoms with Crippen LogP contribution in [0, 0.1) is 0 Å². The number of carboxylic acid groups (broad SMARTS) is 1. The first-order chi connectivity index (χ1) is 7.70. The summed E-state index contributed by atoms with van der Waals surface area (Å²) in [5.41, 5.74) is 2.64. The quantitative estimate of drug-likeness (QED) is 0.671. The molecule has 0 saturated carbocycles. The Morgan fingerprint density at radius 1 is 1.50 bits per heavy atom. The molecule has 1 aromatic carbocycles. The van der Waals surface area contributed by atoms with Crippen molar-refractivity contribution < 1.29 is 15.0 Å². The maximum Gasteiger partial charge on any atom is 0.328 e. The molecule has 0 unspecified atom stereocenters. The molecule has 0 aliphatic heterocycles. The number of rotatable bonds is 3. The van der Waals surface area contributed by atoms with Crippen LogP contribution in [0.25, 0.3) is 16.6 Å². The number of hydrogen-bond donors (Lipinski definition) is 3. The summed E-state index contributed by atoms with van der Waals surface area (Å²) in [4.78, 5) is 17.5. The molecule has 2 rings (SSSR count). The Labute approximate surface area is 91.1 Å². The van der Waals surface area contributed by atoms with E-state index in [-0.39, 0.29) is 6.61 Å². The average Bonchev–Trinajstić information content (AvgIpc) is 2.72. The van der Waals surface area contributed by atoms with Gasteiger partial charge in [-0.15, -0.1) is 0 Å². The summed E-state index contributed by atoms with van der Waals surface area (Å²) in [6.45, 7) is -0.314. The molecule has 0 aliphatic carbocycles. The van der Waals surface area contributed by atoms with Crippen LogP contribution in [0.2, 0.25) is 0 Å². The Morgan fingerprint density at radius 2 is 2.31 bits per heavy atom. The molecule has 2 aromatic rings. The van der Waals surface area contributed by atoms with Crippen LogP contribution in [0.1, 0.15) is 5.56 Å². The van der Waals surface area contributed by atoms with Crippen LogP contribution in [-0.2, 0) is 4.79 Å². The number of aliphatic hydroxyl groups is 1. The lowest BCUT2D eigenvalue weighted by molar-refractivity contribution is -0.131. The van der Waals surface area contributed by atoms with Gasteiger partial charge < -0.3 is 15.2 Å². The zero-order valence-corrected chi connectivity index (χ0v) is 8.34. The van der Waals surface area contributed by atoms with E-state index in [4.69, 9.17) is 10.2 Å². The summed E-state index contributed by atoms with van der Waals surface area (Å²) in [6, 6.07) is 5.26. The molecular formula is C11H10N2O3. The number of aliphatic carboxylic acids is 1. The van der Waals surface area contributed by atoms with Gasteiger partial charge in [0.1, 0.15) is 0 Å². The van der Waals surface area contributed by atoms with E-state index in [1.165, 1.54) is 0 Å². The molecule has 1 aromatic heterocycles. The van der Waals surface area contributed by atoms with E-state index in [0.29, 0.717) is 11.1 Å². The van der Waals surface area contributed by atoms with E-state index < -0.39 is 5.97 Å². The molecule has 5 heteroatoms. The van der Waals surface area contributed by atoms with E-state index in [0.717, 1.165) is 17.1 Å². The van der Waals surface area contributed by atoms with E-state index in [9.17, 15) is 4.79 Å². The van der Waals surface area contributed by atoms with Crippen molar-refractivity contribution in [3.8, 4) is 0 Å². The molecule has 1 heterocycles. The smallest absolute Gasteiger partial charge is 0.328 e. The van der Waals surface area contributed by atoms with E-state index in [1.54, 1.807) is 24.5 Å². The maximum atomic E-state index is 10.5. The van der Waals surface area contributed by atoms with Crippen LogP contribution in [-0.4, -0.2) is 32.8 Å². The molecule has 0 atom stereocenters. The van der Waals surface area contributed by atoms with Crippen LogP contribution >= 0.6 is 0 Å². The Kier molecular flexibility index (Phi) is 2.70. The topological polar surface area (TPSA) is 86.2 Å². The predicted octanol–water partition coefficient (Wildman–Crippen LogP) is 1.02. The number of nitrogens with one attached hydrogen (secondary N) is 1. The highest BCUT2D eigenvalue weighted by molar-refractivity contribution is 5.91. The van der Waals surface area contributed by atoms with Crippen LogP contribution in [0.4, 0.5) is 0 Å². The molecule has 82 valence electrons. The second-order valence-electron chi connectivity index (χ2n) is 3.30. The van der Waals surface area contributed by atoms with Crippen molar-refractivity contribution in [1.82, 2.24) is 9.97 Å². The summed E-state index contributed by atoms with van der Waals surface area (Å²) >= 11 is 0. The van der Waals surface area contributed by atoms with Crippen molar-refractivity contribution >= 4 is 22.6 Å². The minimum absolute atomic E-state index is 0.314. The first-order valence-electron chi connectivity index (χ1n) is 4.68. The number of aliphatic hydroxyl groups excluding tert-OH is 1. The standard InChI is InChI=1S/C11H10N2O3/c14-5-8(4-11(15)16)7-1-2-9-10(3-7)13-6-12-9/h1-4,6,14H,5H2,(H,12,13)(H,15,16)/b8-4+. The van der Waals surface area contributed by atoms with Crippen molar-refractivity contribution in [3.05, 3.63) is 36.2 Å². The third-order valence-electron chi connectivity index (χ3n) is 2.26. The molecule has 3 N–H and O–H groups in total. The van der Waals surface area contributed by atoms with Crippen LogP contribution in [0.3, 0.4) is 0 Å². The average molecular weight is 218 g/mol. The maximum absolute atomic E-state index is 10.5. The van der Waals surface area contributed by atoms with Gasteiger partial charge in [-0.3, -0.25) is 0 Å². The van der Waals surface area contributed by atoms with E-state index in [1.807, 2.05) is 0 Å². The highest BCUT2D eigenvalue weighted by Crippen LogP contribution is 2.18. The second-order valence-corrected chi connectivity index (χ2v) is 3.30. The van der Waals surface area contributed by atoms with Gasteiger partial charge in [-0.2, -0.15) is 0 Å². The van der Waals surface area contributed by atoms with Gasteiger partial charge in [0.05, 0.1) is 24.0 Å². The van der Waals surface area contributed by atoms with Gasteiger partial charge in [-0.05, 0) is 23.3 Å². The Balaban J connectivity index is 2.48. The molecule has 0 aliphatic rings. The lowest BCUT2D eigenvalue weighted by Gasteiger charge is -2.02. The molecule has 0 spiro atoms. The molecule has 0 radical (unpaired) electrons. The number of H-pyrrole nitrogens is 1. The van der Waals surface area contributed by atoms with Crippen molar-refractivity contribution in [1.29, 1.82) is 0 Å². The third kappa shape index (κ3) is 1.94. The zero-order chi connectivity index (χ0) is 11.5. The Bertz CT molecular complexity index is 557. The lowest BCUT2D eigenvalue weighted by atomic mass is 10.1. The number of imidazole rings is 1. The van der Waals surface area contributed by atoms with E-state index >= 15 is 0 Å². The number of aromatic nitrogens is 2. The first kappa shape index (κ1) is 10.4. The third-order valence-corrected chi connectivity index (χ3v) is 2.26. The molecule has 0 bridgehead atoms. The van der Waals surface area contributed by atoms with Gasteiger partial charge >= 0.3 is 5.97 Å². The Hall–Kier alpha value is -2.14. The largest absolute Gasteiger partial charge is 0.478 e. The summed E-state index contributed by atoms with van der Waals surface area (Å²) in [5.74, 6) is -1.08. The molecule has 5 nitrogen and oxygen atoms in total. The fourth-order valence-corrected chi connectivity index (χ4v) is 1.50. The van der Waals surface area contributed by atoms with E-state index in [2.05, 4.69) is 9.97 Å². The molecule has 16 heavy (non-hydrogen) atoms. The SMILES string of the molecule is O=C(O)/C=C(\CO)c1ccc2nc[nH]c2c1. The number of benzene rings is 1. The zero-order valence-electron chi connectivity index (χ0n) is 8.34. The lowest BCUT2D eigenvalue weighted by Crippen LogP contribution is -1.96. The second kappa shape index (κ2) is 4.16.